The second kappa shape index (κ2) is 6.32. The van der Waals surface area contributed by atoms with Crippen molar-refractivity contribution in [3.05, 3.63) is 0 Å². The van der Waals surface area contributed by atoms with Gasteiger partial charge in [0.15, 0.2) is 0 Å². The van der Waals surface area contributed by atoms with Crippen LogP contribution in [0.1, 0.15) is 40.0 Å². The maximum Gasteiger partial charge on any atom is 0.279 e. The lowest BCUT2D eigenvalue weighted by Crippen LogP contribution is -2.47. The summed E-state index contributed by atoms with van der Waals surface area (Å²) in [5.74, 6) is 0.304. The van der Waals surface area contributed by atoms with Gasteiger partial charge in [-0.25, -0.2) is 4.72 Å². The van der Waals surface area contributed by atoms with Crippen molar-refractivity contribution in [3.63, 3.8) is 0 Å². The van der Waals surface area contributed by atoms with Crippen LogP contribution in [0.3, 0.4) is 0 Å². The van der Waals surface area contributed by atoms with Crippen LogP contribution >= 0.6 is 0 Å². The first-order valence-electron chi connectivity index (χ1n) is 6.69. The van der Waals surface area contributed by atoms with Crippen molar-refractivity contribution < 1.29 is 8.42 Å². The number of nitrogens with zero attached hydrogens (tertiary/aromatic N) is 1. The molecule has 0 bridgehead atoms. The molecule has 18 heavy (non-hydrogen) atoms. The van der Waals surface area contributed by atoms with Crippen LogP contribution in [0.2, 0.25) is 0 Å². The second-order valence-corrected chi connectivity index (χ2v) is 8.07. The van der Waals surface area contributed by atoms with E-state index < -0.39 is 10.2 Å². The Morgan fingerprint density at radius 3 is 2.61 bits per heavy atom. The van der Waals surface area contributed by atoms with Gasteiger partial charge in [-0.1, -0.05) is 20.8 Å². The molecule has 0 aliphatic carbocycles. The summed E-state index contributed by atoms with van der Waals surface area (Å²) in [6, 6.07) is 0. The monoisotopic (exact) mass is 277 g/mol. The van der Waals surface area contributed by atoms with E-state index in [1.807, 2.05) is 0 Å². The zero-order valence-electron chi connectivity index (χ0n) is 11.8. The van der Waals surface area contributed by atoms with Crippen LogP contribution in [0.5, 0.6) is 0 Å². The minimum atomic E-state index is -3.32. The van der Waals surface area contributed by atoms with Gasteiger partial charge in [0.05, 0.1) is 0 Å². The largest absolute Gasteiger partial charge is 0.330 e. The third kappa shape index (κ3) is 5.22. The highest BCUT2D eigenvalue weighted by Gasteiger charge is 2.28. The minimum absolute atomic E-state index is 0.143. The van der Waals surface area contributed by atoms with Crippen molar-refractivity contribution in [2.45, 2.75) is 40.0 Å². The van der Waals surface area contributed by atoms with Crippen LogP contribution in [0.25, 0.3) is 0 Å². The van der Waals surface area contributed by atoms with E-state index in [9.17, 15) is 8.42 Å². The molecule has 0 saturated carbocycles. The Labute approximate surface area is 111 Å². The number of nitrogens with one attached hydrogen (secondary N) is 1. The zero-order valence-corrected chi connectivity index (χ0v) is 12.6. The standard InChI is InChI=1S/C12H27N3O2S/c1-12(2,3)6-7-14-18(16,17)15-8-4-5-11(9-13)10-15/h11,14H,4-10,13H2,1-3H3. The summed E-state index contributed by atoms with van der Waals surface area (Å²) in [5.41, 5.74) is 5.77. The highest BCUT2D eigenvalue weighted by atomic mass is 32.2. The summed E-state index contributed by atoms with van der Waals surface area (Å²) >= 11 is 0. The molecule has 0 aromatic rings. The van der Waals surface area contributed by atoms with E-state index in [1.165, 1.54) is 4.31 Å². The molecule has 0 aromatic carbocycles. The van der Waals surface area contributed by atoms with Crippen molar-refractivity contribution in [1.29, 1.82) is 0 Å². The molecule has 1 rings (SSSR count). The molecule has 1 unspecified atom stereocenters. The Kier molecular flexibility index (Phi) is 5.58. The van der Waals surface area contributed by atoms with Crippen molar-refractivity contribution in [3.8, 4) is 0 Å². The molecule has 1 saturated heterocycles. The van der Waals surface area contributed by atoms with Gasteiger partial charge < -0.3 is 5.73 Å². The first-order chi connectivity index (χ1) is 8.24. The molecule has 1 heterocycles. The van der Waals surface area contributed by atoms with Crippen LogP contribution in [0, 0.1) is 11.3 Å². The molecule has 6 heteroatoms. The van der Waals surface area contributed by atoms with Gasteiger partial charge in [0.1, 0.15) is 0 Å². The van der Waals surface area contributed by atoms with Crippen molar-refractivity contribution in [2.75, 3.05) is 26.2 Å². The predicted octanol–water partition coefficient (Wildman–Crippen LogP) is 0.928. The Bertz CT molecular complexity index is 349. The summed E-state index contributed by atoms with van der Waals surface area (Å²) in [5, 5.41) is 0. The molecule has 3 N–H and O–H groups in total. The van der Waals surface area contributed by atoms with Crippen molar-refractivity contribution in [2.24, 2.45) is 17.1 Å². The molecule has 0 aromatic heterocycles. The summed E-state index contributed by atoms with van der Waals surface area (Å²) in [4.78, 5) is 0. The highest BCUT2D eigenvalue weighted by Crippen LogP contribution is 2.19. The first-order valence-corrected chi connectivity index (χ1v) is 8.13. The average molecular weight is 277 g/mol. The maximum absolute atomic E-state index is 12.1. The SMILES string of the molecule is CC(C)(C)CCNS(=O)(=O)N1CCCC(CN)C1. The average Bonchev–Trinajstić information content (AvgIpc) is 2.27. The Hall–Kier alpha value is -0.170. The minimum Gasteiger partial charge on any atom is -0.330 e. The molecule has 1 aliphatic heterocycles. The van der Waals surface area contributed by atoms with E-state index >= 15 is 0 Å². The van der Waals surface area contributed by atoms with Crippen LogP contribution in [0.4, 0.5) is 0 Å². The van der Waals surface area contributed by atoms with Gasteiger partial charge in [-0.05, 0) is 37.1 Å². The van der Waals surface area contributed by atoms with Crippen molar-refractivity contribution >= 4 is 10.2 Å². The summed E-state index contributed by atoms with van der Waals surface area (Å²) in [7, 11) is -3.32. The van der Waals surface area contributed by atoms with E-state index in [0.29, 0.717) is 32.1 Å². The second-order valence-electron chi connectivity index (χ2n) is 6.31. The van der Waals surface area contributed by atoms with Gasteiger partial charge in [0.25, 0.3) is 10.2 Å². The predicted molar refractivity (Wildman–Crippen MR) is 74.3 cm³/mol. The van der Waals surface area contributed by atoms with Gasteiger partial charge in [-0.15, -0.1) is 0 Å². The fourth-order valence-corrected chi connectivity index (χ4v) is 3.40. The zero-order chi connectivity index (χ0) is 13.8. The third-order valence-corrected chi connectivity index (χ3v) is 4.89. The normalized spacial score (nSPS) is 23.2. The highest BCUT2D eigenvalue weighted by molar-refractivity contribution is 7.87. The van der Waals surface area contributed by atoms with Gasteiger partial charge in [-0.3, -0.25) is 0 Å². The lowest BCUT2D eigenvalue weighted by Gasteiger charge is -2.31. The van der Waals surface area contributed by atoms with Gasteiger partial charge in [0, 0.05) is 19.6 Å². The van der Waals surface area contributed by atoms with E-state index in [0.717, 1.165) is 19.3 Å². The lowest BCUT2D eigenvalue weighted by atomic mass is 9.93. The molecular formula is C12H27N3O2S. The Balaban J connectivity index is 2.47. The Morgan fingerprint density at radius 1 is 1.39 bits per heavy atom. The molecule has 0 amide bonds. The van der Waals surface area contributed by atoms with E-state index in [4.69, 9.17) is 5.73 Å². The molecule has 5 nitrogen and oxygen atoms in total. The van der Waals surface area contributed by atoms with E-state index in [1.54, 1.807) is 0 Å². The van der Waals surface area contributed by atoms with Crippen molar-refractivity contribution in [1.82, 2.24) is 9.03 Å². The molecule has 1 fully saturated rings. The molecule has 108 valence electrons. The smallest absolute Gasteiger partial charge is 0.279 e. The first kappa shape index (κ1) is 15.9. The Morgan fingerprint density at radius 2 is 2.06 bits per heavy atom. The van der Waals surface area contributed by atoms with Crippen LogP contribution in [0.15, 0.2) is 0 Å². The molecule has 0 radical (unpaired) electrons. The van der Waals surface area contributed by atoms with E-state index in [-0.39, 0.29) is 5.41 Å². The van der Waals surface area contributed by atoms with Crippen LogP contribution in [-0.4, -0.2) is 38.9 Å². The molecular weight excluding hydrogens is 250 g/mol. The number of hydrogen-bond acceptors (Lipinski definition) is 3. The third-order valence-electron chi connectivity index (χ3n) is 3.31. The number of rotatable bonds is 5. The number of nitrogens with two attached hydrogens (primary N) is 1. The molecule has 0 spiro atoms. The number of piperidine rings is 1. The molecule has 1 atom stereocenters. The maximum atomic E-state index is 12.1. The fraction of sp³-hybridized carbons (Fsp3) is 1.00. The van der Waals surface area contributed by atoms with Crippen LogP contribution in [-0.2, 0) is 10.2 Å². The quantitative estimate of drug-likeness (QED) is 0.785. The van der Waals surface area contributed by atoms with Gasteiger partial charge in [-0.2, -0.15) is 12.7 Å². The van der Waals surface area contributed by atoms with E-state index in [2.05, 4.69) is 25.5 Å². The summed E-state index contributed by atoms with van der Waals surface area (Å²) < 4.78 is 28.4. The molecule has 1 aliphatic rings. The van der Waals surface area contributed by atoms with Gasteiger partial charge >= 0.3 is 0 Å². The summed E-state index contributed by atoms with van der Waals surface area (Å²) in [6.45, 7) is 8.54. The summed E-state index contributed by atoms with van der Waals surface area (Å²) in [6.07, 6.45) is 2.77. The lowest BCUT2D eigenvalue weighted by molar-refractivity contribution is 0.267. The van der Waals surface area contributed by atoms with Crippen LogP contribution < -0.4 is 10.5 Å². The fourth-order valence-electron chi connectivity index (χ4n) is 2.08. The number of hydrogen-bond donors (Lipinski definition) is 2. The van der Waals surface area contributed by atoms with Gasteiger partial charge in [0.2, 0.25) is 0 Å². The topological polar surface area (TPSA) is 75.4 Å².